The molecule has 0 rings (SSSR count). The Morgan fingerprint density at radius 1 is 0.458 bits per heavy atom. The Labute approximate surface area is 367 Å². The van der Waals surface area contributed by atoms with E-state index >= 15 is 0 Å². The quantitative estimate of drug-likeness (QED) is 0.0322. The minimum atomic E-state index is -0.679. The topological polar surface area (TPSA) is 95.9 Å². The third kappa shape index (κ3) is 45.7. The van der Waals surface area contributed by atoms with Crippen molar-refractivity contribution < 1.29 is 24.5 Å². The van der Waals surface area contributed by atoms with Gasteiger partial charge in [-0.2, -0.15) is 0 Å². The Hall–Kier alpha value is -1.66. The van der Waals surface area contributed by atoms with Gasteiger partial charge in [-0.25, -0.2) is 0 Å². The van der Waals surface area contributed by atoms with Crippen molar-refractivity contribution in [2.75, 3.05) is 13.2 Å². The molecule has 0 saturated carbocycles. The lowest BCUT2D eigenvalue weighted by Gasteiger charge is -2.22. The third-order valence-corrected chi connectivity index (χ3v) is 12.0. The number of carbonyl (C=O) groups is 2. The van der Waals surface area contributed by atoms with E-state index in [1.807, 2.05) is 0 Å². The van der Waals surface area contributed by atoms with Crippen molar-refractivity contribution in [1.29, 1.82) is 0 Å². The smallest absolute Gasteiger partial charge is 0.305 e. The molecule has 0 aliphatic heterocycles. The summed E-state index contributed by atoms with van der Waals surface area (Å²) >= 11 is 0. The second kappa shape index (κ2) is 49.0. The zero-order valence-electron chi connectivity index (χ0n) is 39.5. The lowest BCUT2D eigenvalue weighted by Crippen LogP contribution is -2.45. The van der Waals surface area contributed by atoms with Crippen LogP contribution >= 0.6 is 0 Å². The van der Waals surface area contributed by atoms with Crippen LogP contribution in [0.25, 0.3) is 0 Å². The van der Waals surface area contributed by atoms with Crippen LogP contribution in [0.2, 0.25) is 0 Å². The van der Waals surface area contributed by atoms with Gasteiger partial charge < -0.3 is 20.3 Å². The van der Waals surface area contributed by atoms with E-state index in [4.69, 9.17) is 4.74 Å². The minimum Gasteiger partial charge on any atom is -0.466 e. The van der Waals surface area contributed by atoms with Gasteiger partial charge >= 0.3 is 5.97 Å². The van der Waals surface area contributed by atoms with E-state index in [2.05, 4.69) is 43.5 Å². The Morgan fingerprint density at radius 2 is 0.797 bits per heavy atom. The fourth-order valence-electron chi connectivity index (χ4n) is 7.92. The standard InChI is InChI=1S/C53H101NO5/c1-3-5-7-9-11-13-15-16-17-18-19-20-21-22-27-31-35-39-43-47-53(58)59-48-44-40-36-32-28-24-23-26-30-34-38-42-46-52(57)54-50(49-55)51(56)45-41-37-33-29-25-14-12-10-8-6-4-2/h16-17,24,28,50-51,55-56H,3-15,18-23,25-27,29-49H2,1-2H3,(H,54,57)/b17-16-,28-24-. The number of ether oxygens (including phenoxy) is 1. The number of nitrogens with one attached hydrogen (secondary N) is 1. The molecule has 348 valence electrons. The molecule has 0 spiro atoms. The van der Waals surface area contributed by atoms with Gasteiger partial charge in [-0.05, 0) is 83.5 Å². The maximum Gasteiger partial charge on any atom is 0.305 e. The van der Waals surface area contributed by atoms with Crippen LogP contribution < -0.4 is 5.32 Å². The predicted molar refractivity (Wildman–Crippen MR) is 255 cm³/mol. The van der Waals surface area contributed by atoms with Crippen LogP contribution in [0.15, 0.2) is 24.3 Å². The molecular formula is C53H101NO5. The summed E-state index contributed by atoms with van der Waals surface area (Å²) in [5, 5.41) is 23.1. The van der Waals surface area contributed by atoms with E-state index in [-0.39, 0.29) is 18.5 Å². The highest BCUT2D eigenvalue weighted by atomic mass is 16.5. The lowest BCUT2D eigenvalue weighted by atomic mass is 10.0. The highest BCUT2D eigenvalue weighted by Crippen LogP contribution is 2.16. The summed E-state index contributed by atoms with van der Waals surface area (Å²) in [6.45, 7) is 4.88. The average molecular weight is 832 g/mol. The van der Waals surface area contributed by atoms with Gasteiger partial charge in [-0.1, -0.05) is 205 Å². The van der Waals surface area contributed by atoms with E-state index in [1.165, 1.54) is 167 Å². The summed E-state index contributed by atoms with van der Waals surface area (Å²) in [7, 11) is 0. The summed E-state index contributed by atoms with van der Waals surface area (Å²) in [6, 6.07) is -0.558. The first kappa shape index (κ1) is 57.3. The first-order valence-corrected chi connectivity index (χ1v) is 26.1. The molecule has 0 aromatic carbocycles. The molecule has 0 aromatic rings. The number of rotatable bonds is 48. The molecule has 0 fully saturated rings. The normalized spacial score (nSPS) is 12.8. The van der Waals surface area contributed by atoms with Crippen LogP contribution in [-0.4, -0.2) is 47.4 Å². The van der Waals surface area contributed by atoms with Crippen molar-refractivity contribution in [2.45, 2.75) is 289 Å². The molecule has 0 heterocycles. The van der Waals surface area contributed by atoms with Gasteiger partial charge in [0.1, 0.15) is 0 Å². The zero-order valence-corrected chi connectivity index (χ0v) is 39.5. The van der Waals surface area contributed by atoms with E-state index < -0.39 is 12.1 Å². The Bertz CT molecular complexity index is 920. The summed E-state index contributed by atoms with van der Waals surface area (Å²) in [6.07, 6.45) is 57.2. The maximum absolute atomic E-state index is 12.4. The number of carbonyl (C=O) groups excluding carboxylic acids is 2. The summed E-state index contributed by atoms with van der Waals surface area (Å²) in [5.74, 6) is -0.0856. The number of hydrogen-bond donors (Lipinski definition) is 3. The largest absolute Gasteiger partial charge is 0.466 e. The van der Waals surface area contributed by atoms with Crippen LogP contribution in [-0.2, 0) is 14.3 Å². The maximum atomic E-state index is 12.4. The molecule has 59 heavy (non-hydrogen) atoms. The Kier molecular flexibility index (Phi) is 47.6. The van der Waals surface area contributed by atoms with Gasteiger partial charge in [0.25, 0.3) is 0 Å². The van der Waals surface area contributed by atoms with Crippen molar-refractivity contribution in [3.8, 4) is 0 Å². The summed E-state index contributed by atoms with van der Waals surface area (Å²) in [4.78, 5) is 24.5. The second-order valence-electron chi connectivity index (χ2n) is 17.8. The second-order valence-corrected chi connectivity index (χ2v) is 17.8. The predicted octanol–water partition coefficient (Wildman–Crippen LogP) is 15.5. The van der Waals surface area contributed by atoms with Crippen LogP contribution in [0.1, 0.15) is 277 Å². The molecule has 6 heteroatoms. The molecule has 0 bridgehead atoms. The number of amides is 1. The third-order valence-electron chi connectivity index (χ3n) is 12.0. The molecule has 0 aromatic heterocycles. The average Bonchev–Trinajstić information content (AvgIpc) is 3.24. The van der Waals surface area contributed by atoms with Gasteiger partial charge in [-0.3, -0.25) is 9.59 Å². The van der Waals surface area contributed by atoms with Crippen molar-refractivity contribution >= 4 is 11.9 Å². The van der Waals surface area contributed by atoms with E-state index in [0.717, 1.165) is 77.0 Å². The molecular weight excluding hydrogens is 731 g/mol. The van der Waals surface area contributed by atoms with E-state index in [9.17, 15) is 19.8 Å². The van der Waals surface area contributed by atoms with Crippen LogP contribution in [0.3, 0.4) is 0 Å². The monoisotopic (exact) mass is 832 g/mol. The van der Waals surface area contributed by atoms with Gasteiger partial charge in [-0.15, -0.1) is 0 Å². The Balaban J connectivity index is 3.47. The van der Waals surface area contributed by atoms with Crippen molar-refractivity contribution in [3.05, 3.63) is 24.3 Å². The number of hydrogen-bond acceptors (Lipinski definition) is 5. The number of aliphatic hydroxyl groups is 2. The SMILES string of the molecule is CCCCCCCC/C=C\CCCCCCCCCCCC(=O)OCCCCC/C=C\CCCCCCCC(=O)NC(CO)C(O)CCCCCCCCCCCCC. The molecule has 3 N–H and O–H groups in total. The molecule has 2 unspecified atom stereocenters. The molecule has 2 atom stereocenters. The van der Waals surface area contributed by atoms with Gasteiger partial charge in [0.15, 0.2) is 0 Å². The van der Waals surface area contributed by atoms with Gasteiger partial charge in [0.05, 0.1) is 25.4 Å². The van der Waals surface area contributed by atoms with Gasteiger partial charge in [0, 0.05) is 12.8 Å². The lowest BCUT2D eigenvalue weighted by molar-refractivity contribution is -0.143. The van der Waals surface area contributed by atoms with E-state index in [1.54, 1.807) is 0 Å². The fourth-order valence-corrected chi connectivity index (χ4v) is 7.92. The summed E-state index contributed by atoms with van der Waals surface area (Å²) < 4.78 is 5.46. The highest BCUT2D eigenvalue weighted by Gasteiger charge is 2.20. The highest BCUT2D eigenvalue weighted by molar-refractivity contribution is 5.76. The Morgan fingerprint density at radius 3 is 1.20 bits per heavy atom. The molecule has 0 radical (unpaired) electrons. The molecule has 0 aliphatic carbocycles. The number of esters is 1. The van der Waals surface area contributed by atoms with Crippen molar-refractivity contribution in [2.24, 2.45) is 0 Å². The van der Waals surface area contributed by atoms with E-state index in [0.29, 0.717) is 25.9 Å². The van der Waals surface area contributed by atoms with Crippen molar-refractivity contribution in [1.82, 2.24) is 5.32 Å². The van der Waals surface area contributed by atoms with Gasteiger partial charge in [0.2, 0.25) is 5.91 Å². The first-order valence-electron chi connectivity index (χ1n) is 26.1. The van der Waals surface area contributed by atoms with Crippen LogP contribution in [0.4, 0.5) is 0 Å². The number of allylic oxidation sites excluding steroid dienone is 4. The van der Waals surface area contributed by atoms with Crippen LogP contribution in [0.5, 0.6) is 0 Å². The number of aliphatic hydroxyl groups excluding tert-OH is 2. The summed E-state index contributed by atoms with van der Waals surface area (Å²) in [5.41, 5.74) is 0. The molecule has 6 nitrogen and oxygen atoms in total. The van der Waals surface area contributed by atoms with Crippen LogP contribution in [0, 0.1) is 0 Å². The fraction of sp³-hybridized carbons (Fsp3) is 0.887. The zero-order chi connectivity index (χ0) is 43.0. The van der Waals surface area contributed by atoms with Crippen molar-refractivity contribution in [3.63, 3.8) is 0 Å². The minimum absolute atomic E-state index is 0.0235. The molecule has 0 saturated heterocycles. The molecule has 1 amide bonds. The molecule has 0 aliphatic rings. The number of unbranched alkanes of at least 4 members (excludes halogenated alkanes) is 33. The first-order chi connectivity index (χ1) is 29.0.